The van der Waals surface area contributed by atoms with Crippen molar-refractivity contribution >= 4 is 35.3 Å². The van der Waals surface area contributed by atoms with Crippen LogP contribution in [0.5, 0.6) is 0 Å². The number of carbonyl (C=O) groups is 4. The third kappa shape index (κ3) is 11.3. The van der Waals surface area contributed by atoms with Gasteiger partial charge in [-0.3, -0.25) is 14.5 Å². The molecule has 1 atom stereocenters. The summed E-state index contributed by atoms with van der Waals surface area (Å²) in [7, 11) is 0. The lowest BCUT2D eigenvalue weighted by atomic mass is 10.1. The average Bonchev–Trinajstić information content (AvgIpc) is 3.03. The molecule has 0 unspecified atom stereocenters. The van der Waals surface area contributed by atoms with E-state index in [0.29, 0.717) is 35.6 Å². The number of aryl methyl sites for hydroxylation is 2. The predicted octanol–water partition coefficient (Wildman–Crippen LogP) is 7.18. The molecular formula is C39H44N4O6. The minimum Gasteiger partial charge on any atom is -0.480 e. The maximum atomic E-state index is 13.2. The van der Waals surface area contributed by atoms with E-state index >= 15 is 0 Å². The summed E-state index contributed by atoms with van der Waals surface area (Å²) in [5, 5.41) is 18.5. The zero-order valence-electron chi connectivity index (χ0n) is 28.6. The van der Waals surface area contributed by atoms with E-state index in [2.05, 4.69) is 16.0 Å². The average molecular weight is 665 g/mol. The van der Waals surface area contributed by atoms with Gasteiger partial charge < -0.3 is 25.8 Å². The highest BCUT2D eigenvalue weighted by Crippen LogP contribution is 2.24. The molecule has 0 saturated heterocycles. The summed E-state index contributed by atoms with van der Waals surface area (Å²) in [6.07, 6.45) is -0.760. The zero-order chi connectivity index (χ0) is 35.6. The molecule has 0 bridgehead atoms. The van der Waals surface area contributed by atoms with E-state index in [1.165, 1.54) is 0 Å². The summed E-state index contributed by atoms with van der Waals surface area (Å²) in [6.45, 7) is 9.84. The van der Waals surface area contributed by atoms with Gasteiger partial charge in [-0.2, -0.15) is 0 Å². The number of hydrogen-bond acceptors (Lipinski definition) is 6. The monoisotopic (exact) mass is 664 g/mol. The molecule has 0 fully saturated rings. The molecule has 4 rings (SSSR count). The van der Waals surface area contributed by atoms with Crippen LogP contribution in [0.25, 0.3) is 0 Å². The van der Waals surface area contributed by atoms with Gasteiger partial charge in [-0.15, -0.1) is 0 Å². The van der Waals surface area contributed by atoms with E-state index in [1.807, 2.05) is 104 Å². The molecule has 10 heteroatoms. The molecule has 4 N–H and O–H groups in total. The van der Waals surface area contributed by atoms with Crippen molar-refractivity contribution in [3.63, 3.8) is 0 Å². The normalized spacial score (nSPS) is 11.8. The van der Waals surface area contributed by atoms with Crippen LogP contribution in [0.15, 0.2) is 97.1 Å². The number of benzene rings is 4. The lowest BCUT2D eigenvalue weighted by Gasteiger charge is -2.27. The van der Waals surface area contributed by atoms with Crippen LogP contribution in [-0.4, -0.2) is 52.1 Å². The summed E-state index contributed by atoms with van der Waals surface area (Å²) in [5.41, 5.74) is 5.03. The molecule has 0 heterocycles. The molecule has 49 heavy (non-hydrogen) atoms. The number of ether oxygens (including phenoxy) is 1. The molecule has 0 radical (unpaired) electrons. The highest BCUT2D eigenvalue weighted by Gasteiger charge is 2.25. The fourth-order valence-electron chi connectivity index (χ4n) is 5.24. The van der Waals surface area contributed by atoms with Crippen molar-refractivity contribution < 1.29 is 29.0 Å². The van der Waals surface area contributed by atoms with E-state index in [1.54, 1.807) is 32.9 Å². The van der Waals surface area contributed by atoms with Crippen molar-refractivity contribution in [2.75, 3.05) is 17.2 Å². The van der Waals surface area contributed by atoms with Crippen LogP contribution in [0.3, 0.4) is 0 Å². The summed E-state index contributed by atoms with van der Waals surface area (Å²) >= 11 is 0. The largest absolute Gasteiger partial charge is 0.480 e. The Labute approximate surface area is 287 Å². The number of amides is 3. The second-order valence-corrected chi connectivity index (χ2v) is 13.0. The topological polar surface area (TPSA) is 137 Å². The van der Waals surface area contributed by atoms with Gasteiger partial charge >= 0.3 is 12.1 Å². The van der Waals surface area contributed by atoms with E-state index in [0.717, 1.165) is 22.3 Å². The first-order valence-electron chi connectivity index (χ1n) is 16.1. The van der Waals surface area contributed by atoms with Gasteiger partial charge in [0.25, 0.3) is 11.8 Å². The van der Waals surface area contributed by atoms with Gasteiger partial charge in [0.15, 0.2) is 0 Å². The van der Waals surface area contributed by atoms with Gasteiger partial charge in [-0.1, -0.05) is 71.8 Å². The number of rotatable bonds is 13. The van der Waals surface area contributed by atoms with Gasteiger partial charge in [-0.05, 0) is 88.6 Å². The highest BCUT2D eigenvalue weighted by atomic mass is 16.6. The minimum absolute atomic E-state index is 0.0597. The van der Waals surface area contributed by atoms with Crippen molar-refractivity contribution in [1.29, 1.82) is 0 Å². The molecule has 0 saturated carbocycles. The molecule has 0 aliphatic carbocycles. The lowest BCUT2D eigenvalue weighted by Crippen LogP contribution is -2.45. The van der Waals surface area contributed by atoms with Crippen LogP contribution < -0.4 is 16.0 Å². The number of nitrogens with one attached hydrogen (secondary N) is 3. The standard InChI is InChI=1S/C39H44N4O6/c1-26-12-10-16-28(22-26)35(44)40-32-18-8-6-14-30(32)24-43(21-20-34(37(46)47)42-38(48)49-39(3,4)5)25-31-15-7-9-19-33(31)41-36(45)29-17-11-13-27(2)23-29/h6-19,22-23,34H,20-21,24-25H2,1-5H3,(H,40,44)(H,41,45)(H,42,48)(H,46,47)/t34-/m0/s1. The van der Waals surface area contributed by atoms with Crippen LogP contribution in [0.4, 0.5) is 16.2 Å². The Kier molecular flexibility index (Phi) is 12.3. The van der Waals surface area contributed by atoms with Crippen LogP contribution in [0.2, 0.25) is 0 Å². The van der Waals surface area contributed by atoms with Crippen molar-refractivity contribution in [3.8, 4) is 0 Å². The molecule has 4 aromatic rings. The molecule has 4 aromatic carbocycles. The molecule has 10 nitrogen and oxygen atoms in total. The van der Waals surface area contributed by atoms with Crippen molar-refractivity contribution in [3.05, 3.63) is 130 Å². The van der Waals surface area contributed by atoms with Gasteiger partial charge in [-0.25, -0.2) is 9.59 Å². The Morgan fingerprint density at radius 2 is 1.18 bits per heavy atom. The number of hydrogen-bond donors (Lipinski definition) is 4. The first kappa shape index (κ1) is 36.4. The van der Waals surface area contributed by atoms with Crippen molar-refractivity contribution in [2.24, 2.45) is 0 Å². The quantitative estimate of drug-likeness (QED) is 0.119. The predicted molar refractivity (Wildman–Crippen MR) is 191 cm³/mol. The smallest absolute Gasteiger partial charge is 0.408 e. The fraction of sp³-hybridized carbons (Fsp3) is 0.282. The molecule has 256 valence electrons. The number of carboxylic acids is 1. The molecule has 0 aromatic heterocycles. The molecule has 0 aliphatic heterocycles. The van der Waals surface area contributed by atoms with Crippen molar-refractivity contribution in [1.82, 2.24) is 10.2 Å². The SMILES string of the molecule is Cc1cccc(C(=O)Nc2ccccc2CN(CC[C@H](NC(=O)OC(C)(C)C)C(=O)O)Cc2ccccc2NC(=O)c2cccc(C)c2)c1. The fourth-order valence-corrected chi connectivity index (χ4v) is 5.24. The maximum absolute atomic E-state index is 13.2. The third-order valence-corrected chi connectivity index (χ3v) is 7.60. The Morgan fingerprint density at radius 3 is 1.61 bits per heavy atom. The van der Waals surface area contributed by atoms with Crippen LogP contribution >= 0.6 is 0 Å². The third-order valence-electron chi connectivity index (χ3n) is 7.60. The molecular weight excluding hydrogens is 620 g/mol. The van der Waals surface area contributed by atoms with Gasteiger partial charge in [0, 0.05) is 42.1 Å². The Bertz CT molecular complexity index is 1690. The number of para-hydroxylation sites is 2. The van der Waals surface area contributed by atoms with E-state index < -0.39 is 23.7 Å². The van der Waals surface area contributed by atoms with E-state index in [9.17, 15) is 24.3 Å². The van der Waals surface area contributed by atoms with Crippen LogP contribution in [0.1, 0.15) is 70.2 Å². The summed E-state index contributed by atoms with van der Waals surface area (Å²) < 4.78 is 5.30. The molecule has 0 spiro atoms. The first-order valence-corrected chi connectivity index (χ1v) is 16.1. The second kappa shape index (κ2) is 16.6. The molecule has 0 aliphatic rings. The lowest BCUT2D eigenvalue weighted by molar-refractivity contribution is -0.139. The minimum atomic E-state index is -1.22. The molecule has 3 amide bonds. The summed E-state index contributed by atoms with van der Waals surface area (Å²) in [4.78, 5) is 53.1. The summed E-state index contributed by atoms with van der Waals surface area (Å²) in [5.74, 6) is -1.69. The first-order chi connectivity index (χ1) is 23.3. The Hall–Kier alpha value is -5.48. The Balaban J connectivity index is 1.60. The highest BCUT2D eigenvalue weighted by molar-refractivity contribution is 6.05. The number of alkyl carbamates (subject to hydrolysis) is 1. The van der Waals surface area contributed by atoms with Crippen LogP contribution in [0, 0.1) is 13.8 Å². The van der Waals surface area contributed by atoms with Crippen LogP contribution in [-0.2, 0) is 22.6 Å². The summed E-state index contributed by atoms with van der Waals surface area (Å²) in [6, 6.07) is 28.3. The zero-order valence-corrected chi connectivity index (χ0v) is 28.6. The number of carbonyl (C=O) groups excluding carboxylic acids is 3. The Morgan fingerprint density at radius 1 is 0.714 bits per heavy atom. The van der Waals surface area contributed by atoms with E-state index in [-0.39, 0.29) is 24.8 Å². The second-order valence-electron chi connectivity index (χ2n) is 13.0. The maximum Gasteiger partial charge on any atom is 0.408 e. The van der Waals surface area contributed by atoms with Gasteiger partial charge in [0.1, 0.15) is 11.6 Å². The number of aliphatic carboxylic acids is 1. The van der Waals surface area contributed by atoms with Gasteiger partial charge in [0.05, 0.1) is 0 Å². The van der Waals surface area contributed by atoms with Crippen molar-refractivity contribution in [2.45, 2.75) is 65.8 Å². The number of anilines is 2. The van der Waals surface area contributed by atoms with E-state index in [4.69, 9.17) is 4.74 Å². The van der Waals surface area contributed by atoms with Gasteiger partial charge in [0.2, 0.25) is 0 Å². The number of nitrogens with zero attached hydrogens (tertiary/aromatic N) is 1. The number of carboxylic acid groups (broad SMARTS) is 1.